The van der Waals surface area contributed by atoms with Crippen LogP contribution in [0.2, 0.25) is 0 Å². The van der Waals surface area contributed by atoms with Crippen molar-refractivity contribution in [2.24, 2.45) is 5.92 Å². The molecule has 0 aliphatic carbocycles. The Labute approximate surface area is 125 Å². The minimum absolute atomic E-state index is 0.0724. The second-order valence-electron chi connectivity index (χ2n) is 4.56. The van der Waals surface area contributed by atoms with Crippen LogP contribution in [0, 0.1) is 17.2 Å². The van der Waals surface area contributed by atoms with Crippen molar-refractivity contribution in [1.29, 1.82) is 5.26 Å². The standard InChI is InChI=1S/C14H18N2O4S/c1-4-20-14(17)12-5-7-13(8-6-12)21(18,19)16(3)10-11(2)9-15/h5-8,11H,4,10H2,1-3H3/t11-/m0/s1. The van der Waals surface area contributed by atoms with Gasteiger partial charge in [-0.3, -0.25) is 0 Å². The van der Waals surface area contributed by atoms with Gasteiger partial charge in [-0.1, -0.05) is 0 Å². The van der Waals surface area contributed by atoms with Crippen LogP contribution in [0.15, 0.2) is 29.2 Å². The molecule has 21 heavy (non-hydrogen) atoms. The molecular weight excluding hydrogens is 292 g/mol. The van der Waals surface area contributed by atoms with Crippen LogP contribution in [0.3, 0.4) is 0 Å². The zero-order valence-corrected chi connectivity index (χ0v) is 13.1. The van der Waals surface area contributed by atoms with Gasteiger partial charge in [-0.05, 0) is 38.1 Å². The first-order valence-corrected chi connectivity index (χ1v) is 7.90. The lowest BCUT2D eigenvalue weighted by atomic mass is 10.2. The van der Waals surface area contributed by atoms with E-state index in [0.717, 1.165) is 4.31 Å². The van der Waals surface area contributed by atoms with Gasteiger partial charge in [0, 0.05) is 13.6 Å². The summed E-state index contributed by atoms with van der Waals surface area (Å²) in [6.45, 7) is 3.71. The predicted octanol–water partition coefficient (Wildman–Crippen LogP) is 1.64. The molecule has 1 aromatic carbocycles. The van der Waals surface area contributed by atoms with Gasteiger partial charge in [0.25, 0.3) is 0 Å². The fourth-order valence-electron chi connectivity index (χ4n) is 1.68. The Balaban J connectivity index is 2.95. The lowest BCUT2D eigenvalue weighted by Crippen LogP contribution is -2.30. The minimum atomic E-state index is -3.67. The van der Waals surface area contributed by atoms with E-state index < -0.39 is 21.9 Å². The highest BCUT2D eigenvalue weighted by Crippen LogP contribution is 2.16. The van der Waals surface area contributed by atoms with E-state index in [1.54, 1.807) is 13.8 Å². The summed E-state index contributed by atoms with van der Waals surface area (Å²) in [5, 5.41) is 8.75. The van der Waals surface area contributed by atoms with Crippen LogP contribution in [0.4, 0.5) is 0 Å². The van der Waals surface area contributed by atoms with Gasteiger partial charge in [0.05, 0.1) is 29.1 Å². The maximum absolute atomic E-state index is 12.3. The van der Waals surface area contributed by atoms with E-state index in [9.17, 15) is 13.2 Å². The highest BCUT2D eigenvalue weighted by Gasteiger charge is 2.22. The van der Waals surface area contributed by atoms with Gasteiger partial charge in [-0.2, -0.15) is 9.57 Å². The first kappa shape index (κ1) is 17.1. The van der Waals surface area contributed by atoms with Crippen molar-refractivity contribution in [3.8, 4) is 6.07 Å². The molecule has 0 spiro atoms. The summed E-state index contributed by atoms with van der Waals surface area (Å²) in [7, 11) is -2.25. The molecule has 0 heterocycles. The molecular formula is C14H18N2O4S. The normalized spacial score (nSPS) is 12.7. The number of benzene rings is 1. The van der Waals surface area contributed by atoms with E-state index in [0.29, 0.717) is 5.56 Å². The summed E-state index contributed by atoms with van der Waals surface area (Å²) in [4.78, 5) is 11.6. The molecule has 0 saturated carbocycles. The second-order valence-corrected chi connectivity index (χ2v) is 6.61. The van der Waals surface area contributed by atoms with Crippen molar-refractivity contribution >= 4 is 16.0 Å². The molecule has 1 aromatic rings. The maximum atomic E-state index is 12.3. The number of carbonyl (C=O) groups is 1. The topological polar surface area (TPSA) is 87.5 Å². The van der Waals surface area contributed by atoms with Crippen LogP contribution in [-0.4, -0.2) is 38.9 Å². The third-order valence-corrected chi connectivity index (χ3v) is 4.66. The quantitative estimate of drug-likeness (QED) is 0.745. The summed E-state index contributed by atoms with van der Waals surface area (Å²) in [6.07, 6.45) is 0. The van der Waals surface area contributed by atoms with Gasteiger partial charge in [0.15, 0.2) is 0 Å². The number of esters is 1. The maximum Gasteiger partial charge on any atom is 0.338 e. The molecule has 0 saturated heterocycles. The Morgan fingerprint density at radius 1 is 1.38 bits per heavy atom. The van der Waals surface area contributed by atoms with E-state index in [1.165, 1.54) is 31.3 Å². The minimum Gasteiger partial charge on any atom is -0.462 e. The van der Waals surface area contributed by atoms with Crippen LogP contribution in [0.25, 0.3) is 0 Å². The van der Waals surface area contributed by atoms with Crippen LogP contribution in [0.1, 0.15) is 24.2 Å². The average Bonchev–Trinajstić information content (AvgIpc) is 2.47. The number of nitrogens with zero attached hydrogens (tertiary/aromatic N) is 2. The number of hydrogen-bond donors (Lipinski definition) is 0. The lowest BCUT2D eigenvalue weighted by molar-refractivity contribution is 0.0526. The number of carbonyl (C=O) groups excluding carboxylic acids is 1. The van der Waals surface area contributed by atoms with Gasteiger partial charge in [-0.15, -0.1) is 0 Å². The molecule has 1 rings (SSSR count). The van der Waals surface area contributed by atoms with Crippen molar-refractivity contribution in [3.63, 3.8) is 0 Å². The van der Waals surface area contributed by atoms with Crippen LogP contribution < -0.4 is 0 Å². The molecule has 0 unspecified atom stereocenters. The number of sulfonamides is 1. The summed E-state index contributed by atoms with van der Waals surface area (Å²) in [6, 6.07) is 7.52. The van der Waals surface area contributed by atoms with Crippen molar-refractivity contribution in [2.45, 2.75) is 18.7 Å². The summed E-state index contributed by atoms with van der Waals surface area (Å²) in [5.74, 6) is -0.892. The Morgan fingerprint density at radius 2 is 1.95 bits per heavy atom. The molecule has 0 N–H and O–H groups in total. The average molecular weight is 310 g/mol. The van der Waals surface area contributed by atoms with Crippen molar-refractivity contribution < 1.29 is 17.9 Å². The molecule has 6 nitrogen and oxygen atoms in total. The summed E-state index contributed by atoms with van der Waals surface area (Å²) in [5.41, 5.74) is 0.295. The highest BCUT2D eigenvalue weighted by atomic mass is 32.2. The predicted molar refractivity (Wildman–Crippen MR) is 77.0 cm³/mol. The molecule has 0 bridgehead atoms. The largest absolute Gasteiger partial charge is 0.462 e. The molecule has 0 radical (unpaired) electrons. The highest BCUT2D eigenvalue weighted by molar-refractivity contribution is 7.89. The smallest absolute Gasteiger partial charge is 0.338 e. The molecule has 0 aliphatic rings. The van der Waals surface area contributed by atoms with E-state index in [4.69, 9.17) is 10.00 Å². The SMILES string of the molecule is CCOC(=O)c1ccc(S(=O)(=O)N(C)C[C@@H](C)C#N)cc1. The van der Waals surface area contributed by atoms with E-state index in [2.05, 4.69) is 0 Å². The van der Waals surface area contributed by atoms with Crippen LogP contribution in [0.5, 0.6) is 0 Å². The van der Waals surface area contributed by atoms with Crippen LogP contribution in [-0.2, 0) is 14.8 Å². The Morgan fingerprint density at radius 3 is 2.43 bits per heavy atom. The third-order valence-electron chi connectivity index (χ3n) is 2.82. The van der Waals surface area contributed by atoms with Gasteiger partial charge < -0.3 is 4.74 Å². The molecule has 0 fully saturated rings. The number of hydrogen-bond acceptors (Lipinski definition) is 5. The lowest BCUT2D eigenvalue weighted by Gasteiger charge is -2.18. The third kappa shape index (κ3) is 4.28. The van der Waals surface area contributed by atoms with Gasteiger partial charge in [0.1, 0.15) is 0 Å². The van der Waals surface area contributed by atoms with E-state index in [1.807, 2.05) is 6.07 Å². The number of nitriles is 1. The van der Waals surface area contributed by atoms with Gasteiger partial charge in [-0.25, -0.2) is 13.2 Å². The van der Waals surface area contributed by atoms with Crippen molar-refractivity contribution in [2.75, 3.05) is 20.2 Å². The zero-order valence-electron chi connectivity index (χ0n) is 12.2. The zero-order chi connectivity index (χ0) is 16.0. The van der Waals surface area contributed by atoms with E-state index >= 15 is 0 Å². The van der Waals surface area contributed by atoms with Gasteiger partial charge in [0.2, 0.25) is 10.0 Å². The van der Waals surface area contributed by atoms with Gasteiger partial charge >= 0.3 is 5.97 Å². The monoisotopic (exact) mass is 310 g/mol. The number of ether oxygens (including phenoxy) is 1. The first-order chi connectivity index (χ1) is 9.82. The first-order valence-electron chi connectivity index (χ1n) is 6.46. The Hall–Kier alpha value is -1.91. The summed E-state index contributed by atoms with van der Waals surface area (Å²) >= 11 is 0. The summed E-state index contributed by atoms with van der Waals surface area (Å²) < 4.78 is 30.5. The van der Waals surface area contributed by atoms with Crippen LogP contribution >= 0.6 is 0 Å². The van der Waals surface area contributed by atoms with E-state index in [-0.39, 0.29) is 18.0 Å². The molecule has 0 amide bonds. The fraction of sp³-hybridized carbons (Fsp3) is 0.429. The molecule has 114 valence electrons. The Kier molecular flexibility index (Phi) is 5.88. The van der Waals surface area contributed by atoms with Crippen molar-refractivity contribution in [3.05, 3.63) is 29.8 Å². The molecule has 1 atom stereocenters. The fourth-order valence-corrected chi connectivity index (χ4v) is 2.94. The molecule has 0 aromatic heterocycles. The number of rotatable bonds is 6. The molecule has 0 aliphatic heterocycles. The second kappa shape index (κ2) is 7.20. The molecule has 7 heteroatoms. The Bertz CT molecular complexity index is 632. The van der Waals surface area contributed by atoms with Crippen molar-refractivity contribution in [1.82, 2.24) is 4.31 Å².